The molecule has 2 atom stereocenters. The lowest BCUT2D eigenvalue weighted by Crippen LogP contribution is -2.58. The van der Waals surface area contributed by atoms with Crippen LogP contribution in [-0.2, 0) is 11.2 Å². The van der Waals surface area contributed by atoms with Gasteiger partial charge in [0.15, 0.2) is 0 Å². The smallest absolute Gasteiger partial charge is 0.264 e. The predicted octanol–water partition coefficient (Wildman–Crippen LogP) is 3.00. The van der Waals surface area contributed by atoms with Crippen molar-refractivity contribution >= 4 is 23.2 Å². The number of carbonyl (C=O) groups excluding carboxylic acids is 2. The number of benzene rings is 1. The average Bonchev–Trinajstić information content (AvgIpc) is 3.35. The first-order valence-electron chi connectivity index (χ1n) is 11.6. The summed E-state index contributed by atoms with van der Waals surface area (Å²) in [6.45, 7) is 7.79. The second-order valence-corrected chi connectivity index (χ2v) is 9.82. The molecule has 3 N–H and O–H groups in total. The van der Waals surface area contributed by atoms with E-state index in [1.54, 1.807) is 4.90 Å². The molecule has 0 spiro atoms. The molecule has 1 aliphatic heterocycles. The summed E-state index contributed by atoms with van der Waals surface area (Å²) in [6.07, 6.45) is 2.50. The fraction of sp³-hybridized carbons (Fsp3) is 0.520. The van der Waals surface area contributed by atoms with Crippen molar-refractivity contribution in [2.24, 2.45) is 11.7 Å². The summed E-state index contributed by atoms with van der Waals surface area (Å²) >= 11 is 1.42. The molecule has 2 heterocycles. The average molecular weight is 457 g/mol. The van der Waals surface area contributed by atoms with Crippen molar-refractivity contribution in [3.8, 4) is 0 Å². The van der Waals surface area contributed by atoms with E-state index in [1.165, 1.54) is 16.9 Å². The number of amides is 2. The van der Waals surface area contributed by atoms with E-state index in [9.17, 15) is 9.59 Å². The Hall–Kier alpha value is -2.22. The van der Waals surface area contributed by atoms with Gasteiger partial charge >= 0.3 is 0 Å². The largest absolute Gasteiger partial charge is 0.353 e. The number of likely N-dealkylation sites (tertiary alicyclic amines) is 1. The zero-order valence-corrected chi connectivity index (χ0v) is 20.0. The van der Waals surface area contributed by atoms with Crippen LogP contribution in [0.25, 0.3) is 0 Å². The van der Waals surface area contributed by atoms with Gasteiger partial charge in [-0.3, -0.25) is 14.5 Å². The van der Waals surface area contributed by atoms with Gasteiger partial charge in [-0.05, 0) is 42.2 Å². The van der Waals surface area contributed by atoms with Crippen LogP contribution in [0.2, 0.25) is 0 Å². The lowest BCUT2D eigenvalue weighted by atomic mass is 9.93. The molecule has 0 aliphatic carbocycles. The Bertz CT molecular complexity index is 841. The molecule has 6 nitrogen and oxygen atoms in total. The number of rotatable bonds is 10. The van der Waals surface area contributed by atoms with Gasteiger partial charge in [0, 0.05) is 38.8 Å². The summed E-state index contributed by atoms with van der Waals surface area (Å²) in [5.74, 6) is 0.379. The highest BCUT2D eigenvalue weighted by Crippen LogP contribution is 2.26. The number of piperidine rings is 1. The van der Waals surface area contributed by atoms with Crippen LogP contribution in [0.1, 0.15) is 41.9 Å². The highest BCUT2D eigenvalue weighted by atomic mass is 32.1. The fourth-order valence-corrected chi connectivity index (χ4v) is 5.11. The van der Waals surface area contributed by atoms with Crippen molar-refractivity contribution in [2.75, 3.05) is 32.7 Å². The normalized spacial score (nSPS) is 18.8. The maximum absolute atomic E-state index is 13.1. The number of carbonyl (C=O) groups is 2. The Morgan fingerprint density at radius 1 is 1.22 bits per heavy atom. The standard InChI is InChI=1S/C25H36N4O2S/c1-19(2)18-28(14-10-20-7-4-3-5-8-20)21-11-15-29(25(31)23-9-6-16-32-23)22(17-21)24(30)27-13-12-26/h3-9,16,19,21-22H,10-15,17-18,26H2,1-2H3,(H,27,30)/t21?,22-/m1/s1. The molecule has 32 heavy (non-hydrogen) atoms. The molecule has 0 saturated carbocycles. The predicted molar refractivity (Wildman–Crippen MR) is 131 cm³/mol. The molecule has 0 radical (unpaired) electrons. The summed E-state index contributed by atoms with van der Waals surface area (Å²) in [5, 5.41) is 4.82. The third-order valence-corrected chi connectivity index (χ3v) is 6.82. The lowest BCUT2D eigenvalue weighted by molar-refractivity contribution is -0.127. The number of nitrogens with two attached hydrogens (primary N) is 1. The maximum Gasteiger partial charge on any atom is 0.264 e. The first-order valence-corrected chi connectivity index (χ1v) is 12.5. The van der Waals surface area contributed by atoms with E-state index in [0.29, 0.717) is 36.9 Å². The van der Waals surface area contributed by atoms with Crippen LogP contribution in [0.5, 0.6) is 0 Å². The second kappa shape index (κ2) is 12.1. The lowest BCUT2D eigenvalue weighted by Gasteiger charge is -2.43. The molecule has 7 heteroatoms. The highest BCUT2D eigenvalue weighted by molar-refractivity contribution is 7.12. The molecular weight excluding hydrogens is 420 g/mol. The van der Waals surface area contributed by atoms with Gasteiger partial charge in [-0.2, -0.15) is 0 Å². The van der Waals surface area contributed by atoms with Crippen LogP contribution >= 0.6 is 11.3 Å². The van der Waals surface area contributed by atoms with Crippen molar-refractivity contribution in [1.82, 2.24) is 15.1 Å². The molecule has 1 fully saturated rings. The van der Waals surface area contributed by atoms with E-state index in [2.05, 4.69) is 48.3 Å². The van der Waals surface area contributed by atoms with E-state index < -0.39 is 6.04 Å². The minimum atomic E-state index is -0.471. The Balaban J connectivity index is 1.75. The zero-order valence-electron chi connectivity index (χ0n) is 19.2. The van der Waals surface area contributed by atoms with Gasteiger partial charge in [-0.25, -0.2) is 0 Å². The van der Waals surface area contributed by atoms with Crippen LogP contribution in [0, 0.1) is 5.92 Å². The van der Waals surface area contributed by atoms with Crippen molar-refractivity contribution in [1.29, 1.82) is 0 Å². The molecule has 2 amide bonds. The molecule has 1 unspecified atom stereocenters. The molecule has 3 rings (SSSR count). The third-order valence-electron chi connectivity index (χ3n) is 5.96. The summed E-state index contributed by atoms with van der Waals surface area (Å²) in [5.41, 5.74) is 6.92. The molecule has 1 aliphatic rings. The number of hydrogen-bond donors (Lipinski definition) is 2. The zero-order chi connectivity index (χ0) is 22.9. The molecular formula is C25H36N4O2S. The van der Waals surface area contributed by atoms with Crippen molar-refractivity contribution in [3.05, 3.63) is 58.3 Å². The molecule has 174 valence electrons. The van der Waals surface area contributed by atoms with Gasteiger partial charge < -0.3 is 16.0 Å². The van der Waals surface area contributed by atoms with Gasteiger partial charge in [0.05, 0.1) is 4.88 Å². The Kier molecular flexibility index (Phi) is 9.26. The number of nitrogens with one attached hydrogen (secondary N) is 1. The van der Waals surface area contributed by atoms with Crippen LogP contribution in [-0.4, -0.2) is 66.4 Å². The summed E-state index contributed by atoms with van der Waals surface area (Å²) < 4.78 is 0. The van der Waals surface area contributed by atoms with Crippen molar-refractivity contribution in [3.63, 3.8) is 0 Å². The van der Waals surface area contributed by atoms with Crippen molar-refractivity contribution < 1.29 is 9.59 Å². The van der Waals surface area contributed by atoms with E-state index in [-0.39, 0.29) is 17.9 Å². The first kappa shape index (κ1) is 24.4. The quantitative estimate of drug-likeness (QED) is 0.576. The first-order chi connectivity index (χ1) is 15.5. The summed E-state index contributed by atoms with van der Waals surface area (Å²) in [4.78, 5) is 31.1. The summed E-state index contributed by atoms with van der Waals surface area (Å²) in [6, 6.07) is 14.0. The Morgan fingerprint density at radius 2 is 2.00 bits per heavy atom. The second-order valence-electron chi connectivity index (χ2n) is 8.87. The van der Waals surface area contributed by atoms with Gasteiger partial charge in [-0.1, -0.05) is 50.2 Å². The number of hydrogen-bond acceptors (Lipinski definition) is 5. The minimum Gasteiger partial charge on any atom is -0.353 e. The summed E-state index contributed by atoms with van der Waals surface area (Å²) in [7, 11) is 0. The molecule has 1 saturated heterocycles. The van der Waals surface area contributed by atoms with Crippen LogP contribution in [0.4, 0.5) is 0 Å². The van der Waals surface area contributed by atoms with E-state index in [1.807, 2.05) is 23.6 Å². The van der Waals surface area contributed by atoms with E-state index >= 15 is 0 Å². The number of thiophene rings is 1. The topological polar surface area (TPSA) is 78.7 Å². The number of nitrogens with zero attached hydrogens (tertiary/aromatic N) is 2. The molecule has 1 aromatic carbocycles. The molecule has 2 aromatic rings. The monoisotopic (exact) mass is 456 g/mol. The third kappa shape index (κ3) is 6.64. The maximum atomic E-state index is 13.1. The Morgan fingerprint density at radius 3 is 2.66 bits per heavy atom. The van der Waals surface area contributed by atoms with Gasteiger partial charge in [0.2, 0.25) is 5.91 Å². The van der Waals surface area contributed by atoms with Crippen LogP contribution in [0.3, 0.4) is 0 Å². The van der Waals surface area contributed by atoms with Gasteiger partial charge in [-0.15, -0.1) is 11.3 Å². The van der Waals surface area contributed by atoms with Crippen molar-refractivity contribution in [2.45, 2.75) is 45.2 Å². The van der Waals surface area contributed by atoms with Crippen LogP contribution in [0.15, 0.2) is 47.8 Å². The minimum absolute atomic E-state index is 0.0500. The SMILES string of the molecule is CC(C)CN(CCc1ccccc1)C1CCN(C(=O)c2cccs2)[C@@H](C(=O)NCCN)C1. The van der Waals surface area contributed by atoms with Crippen LogP contribution < -0.4 is 11.1 Å². The molecule has 1 aromatic heterocycles. The van der Waals surface area contributed by atoms with Gasteiger partial charge in [0.25, 0.3) is 5.91 Å². The van der Waals surface area contributed by atoms with E-state index in [0.717, 1.165) is 25.9 Å². The molecule has 0 bridgehead atoms. The van der Waals surface area contributed by atoms with Gasteiger partial charge in [0.1, 0.15) is 6.04 Å². The fourth-order valence-electron chi connectivity index (χ4n) is 4.43. The Labute approximate surface area is 195 Å². The highest BCUT2D eigenvalue weighted by Gasteiger charge is 2.38. The van der Waals surface area contributed by atoms with E-state index in [4.69, 9.17) is 5.73 Å².